The molecule has 1 N–H and O–H groups in total. The average molecular weight is 283 g/mol. The zero-order chi connectivity index (χ0) is 15.4. The molecule has 0 fully saturated rings. The van der Waals surface area contributed by atoms with Gasteiger partial charge in [0.1, 0.15) is 5.75 Å². The second kappa shape index (κ2) is 6.44. The molecule has 0 heterocycles. The smallest absolute Gasteiger partial charge is 0.255 e. The van der Waals surface area contributed by atoms with Crippen molar-refractivity contribution in [1.82, 2.24) is 0 Å². The summed E-state index contributed by atoms with van der Waals surface area (Å²) in [7, 11) is 0. The van der Waals surface area contributed by atoms with Crippen LogP contribution < -0.4 is 10.1 Å². The van der Waals surface area contributed by atoms with Gasteiger partial charge >= 0.3 is 0 Å². The summed E-state index contributed by atoms with van der Waals surface area (Å²) in [5.41, 5.74) is 3.57. The number of benzene rings is 2. The van der Waals surface area contributed by atoms with E-state index < -0.39 is 0 Å². The van der Waals surface area contributed by atoms with Gasteiger partial charge in [0, 0.05) is 11.3 Å². The third kappa shape index (κ3) is 3.85. The van der Waals surface area contributed by atoms with Crippen LogP contribution in [0.5, 0.6) is 5.75 Å². The quantitative estimate of drug-likeness (QED) is 0.906. The molecular weight excluding hydrogens is 262 g/mol. The summed E-state index contributed by atoms with van der Waals surface area (Å²) in [6.45, 7) is 7.90. The molecule has 110 valence electrons. The predicted octanol–water partition coefficient (Wildman–Crippen LogP) is 4.34. The Kier molecular flexibility index (Phi) is 4.63. The number of carbonyl (C=O) groups is 1. The van der Waals surface area contributed by atoms with Crippen LogP contribution in [0, 0.1) is 13.8 Å². The highest BCUT2D eigenvalue weighted by atomic mass is 16.5. The van der Waals surface area contributed by atoms with Crippen molar-refractivity contribution in [3.05, 3.63) is 59.2 Å². The number of hydrogen-bond donors (Lipinski definition) is 1. The van der Waals surface area contributed by atoms with Gasteiger partial charge < -0.3 is 10.1 Å². The molecule has 0 radical (unpaired) electrons. The van der Waals surface area contributed by atoms with Crippen molar-refractivity contribution in [2.75, 3.05) is 5.32 Å². The number of rotatable bonds is 4. The van der Waals surface area contributed by atoms with Crippen molar-refractivity contribution >= 4 is 11.6 Å². The van der Waals surface area contributed by atoms with E-state index in [1.807, 2.05) is 58.0 Å². The standard InChI is InChI=1S/C18H21NO2/c1-12(2)21-16-10-6-9-15(11-16)18(20)19-17-13(3)7-5-8-14(17)4/h5-12H,1-4H3,(H,19,20). The largest absolute Gasteiger partial charge is 0.491 e. The molecule has 2 aromatic carbocycles. The maximum atomic E-state index is 12.4. The average Bonchev–Trinajstić information content (AvgIpc) is 2.42. The molecule has 0 saturated carbocycles. The van der Waals surface area contributed by atoms with Crippen LogP contribution in [-0.4, -0.2) is 12.0 Å². The number of ether oxygens (including phenoxy) is 1. The van der Waals surface area contributed by atoms with Crippen LogP contribution in [0.4, 0.5) is 5.69 Å². The lowest BCUT2D eigenvalue weighted by Crippen LogP contribution is -2.14. The van der Waals surface area contributed by atoms with Crippen LogP contribution in [0.25, 0.3) is 0 Å². The maximum absolute atomic E-state index is 12.4. The van der Waals surface area contributed by atoms with Crippen molar-refractivity contribution in [3.8, 4) is 5.75 Å². The molecule has 21 heavy (non-hydrogen) atoms. The number of nitrogens with one attached hydrogen (secondary N) is 1. The molecule has 0 aliphatic rings. The van der Waals surface area contributed by atoms with Gasteiger partial charge in [0.15, 0.2) is 0 Å². The van der Waals surface area contributed by atoms with Gasteiger partial charge in [-0.3, -0.25) is 4.79 Å². The molecule has 0 aromatic heterocycles. The Bertz CT molecular complexity index is 627. The topological polar surface area (TPSA) is 38.3 Å². The second-order valence-corrected chi connectivity index (χ2v) is 5.42. The molecular formula is C18H21NO2. The van der Waals surface area contributed by atoms with Crippen LogP contribution in [0.15, 0.2) is 42.5 Å². The van der Waals surface area contributed by atoms with E-state index in [0.29, 0.717) is 11.3 Å². The van der Waals surface area contributed by atoms with Gasteiger partial charge in [0.25, 0.3) is 5.91 Å². The molecule has 0 aliphatic carbocycles. The first-order valence-electron chi connectivity index (χ1n) is 7.11. The first kappa shape index (κ1) is 15.1. The van der Waals surface area contributed by atoms with E-state index in [9.17, 15) is 4.79 Å². The Balaban J connectivity index is 2.21. The number of amides is 1. The van der Waals surface area contributed by atoms with Crippen molar-refractivity contribution in [1.29, 1.82) is 0 Å². The summed E-state index contributed by atoms with van der Waals surface area (Å²) in [5, 5.41) is 2.98. The highest BCUT2D eigenvalue weighted by molar-refractivity contribution is 6.05. The Hall–Kier alpha value is -2.29. The minimum Gasteiger partial charge on any atom is -0.491 e. The van der Waals surface area contributed by atoms with Crippen LogP contribution in [-0.2, 0) is 0 Å². The minimum atomic E-state index is -0.124. The number of anilines is 1. The minimum absolute atomic E-state index is 0.0851. The summed E-state index contributed by atoms with van der Waals surface area (Å²) in [6, 6.07) is 13.2. The fourth-order valence-electron chi connectivity index (χ4n) is 2.18. The molecule has 3 nitrogen and oxygen atoms in total. The van der Waals surface area contributed by atoms with E-state index in [1.165, 1.54) is 0 Å². The van der Waals surface area contributed by atoms with Gasteiger partial charge in [-0.05, 0) is 57.0 Å². The van der Waals surface area contributed by atoms with E-state index in [0.717, 1.165) is 16.8 Å². The molecule has 0 spiro atoms. The molecule has 0 aliphatic heterocycles. The lowest BCUT2D eigenvalue weighted by molar-refractivity contribution is 0.102. The monoisotopic (exact) mass is 283 g/mol. The molecule has 3 heteroatoms. The highest BCUT2D eigenvalue weighted by Gasteiger charge is 2.10. The molecule has 0 saturated heterocycles. The van der Waals surface area contributed by atoms with E-state index in [-0.39, 0.29) is 12.0 Å². The molecule has 0 bridgehead atoms. The van der Waals surface area contributed by atoms with Crippen molar-refractivity contribution in [2.24, 2.45) is 0 Å². The fourth-order valence-corrected chi connectivity index (χ4v) is 2.18. The summed E-state index contributed by atoms with van der Waals surface area (Å²) >= 11 is 0. The van der Waals surface area contributed by atoms with Gasteiger partial charge in [-0.25, -0.2) is 0 Å². The lowest BCUT2D eigenvalue weighted by Gasteiger charge is -2.13. The molecule has 0 atom stereocenters. The number of para-hydroxylation sites is 1. The van der Waals surface area contributed by atoms with Crippen molar-refractivity contribution < 1.29 is 9.53 Å². The van der Waals surface area contributed by atoms with Gasteiger partial charge in [-0.15, -0.1) is 0 Å². The first-order valence-corrected chi connectivity index (χ1v) is 7.11. The predicted molar refractivity (Wildman–Crippen MR) is 86.1 cm³/mol. The lowest BCUT2D eigenvalue weighted by atomic mass is 10.1. The fraction of sp³-hybridized carbons (Fsp3) is 0.278. The Morgan fingerprint density at radius 1 is 1.05 bits per heavy atom. The summed E-state index contributed by atoms with van der Waals surface area (Å²) < 4.78 is 5.62. The normalized spacial score (nSPS) is 10.5. The van der Waals surface area contributed by atoms with Gasteiger partial charge in [0.2, 0.25) is 0 Å². The van der Waals surface area contributed by atoms with Crippen LogP contribution in [0.3, 0.4) is 0 Å². The summed E-state index contributed by atoms with van der Waals surface area (Å²) in [5.74, 6) is 0.584. The van der Waals surface area contributed by atoms with Crippen molar-refractivity contribution in [3.63, 3.8) is 0 Å². The van der Waals surface area contributed by atoms with Gasteiger partial charge in [0.05, 0.1) is 6.10 Å². The first-order chi connectivity index (χ1) is 9.97. The second-order valence-electron chi connectivity index (χ2n) is 5.42. The Morgan fingerprint density at radius 2 is 1.67 bits per heavy atom. The molecule has 1 amide bonds. The molecule has 2 rings (SSSR count). The van der Waals surface area contributed by atoms with Gasteiger partial charge in [-0.2, -0.15) is 0 Å². The Morgan fingerprint density at radius 3 is 2.29 bits per heavy atom. The van der Waals surface area contributed by atoms with Gasteiger partial charge in [-0.1, -0.05) is 24.3 Å². The zero-order valence-electron chi connectivity index (χ0n) is 12.9. The van der Waals surface area contributed by atoms with Crippen LogP contribution in [0.2, 0.25) is 0 Å². The number of carbonyl (C=O) groups excluding carboxylic acids is 1. The Labute approximate surface area is 126 Å². The molecule has 2 aromatic rings. The molecule has 0 unspecified atom stereocenters. The zero-order valence-corrected chi connectivity index (χ0v) is 12.9. The van der Waals surface area contributed by atoms with Crippen LogP contribution in [0.1, 0.15) is 35.3 Å². The number of aryl methyl sites for hydroxylation is 2. The maximum Gasteiger partial charge on any atom is 0.255 e. The van der Waals surface area contributed by atoms with E-state index in [1.54, 1.807) is 12.1 Å². The third-order valence-corrected chi connectivity index (χ3v) is 3.19. The summed E-state index contributed by atoms with van der Waals surface area (Å²) in [6.07, 6.45) is 0.0851. The number of hydrogen-bond acceptors (Lipinski definition) is 2. The third-order valence-electron chi connectivity index (χ3n) is 3.19. The van der Waals surface area contributed by atoms with E-state index >= 15 is 0 Å². The summed E-state index contributed by atoms with van der Waals surface area (Å²) in [4.78, 5) is 12.4. The van der Waals surface area contributed by atoms with E-state index in [4.69, 9.17) is 4.74 Å². The van der Waals surface area contributed by atoms with Crippen LogP contribution >= 0.6 is 0 Å². The van der Waals surface area contributed by atoms with Crippen molar-refractivity contribution in [2.45, 2.75) is 33.8 Å². The highest BCUT2D eigenvalue weighted by Crippen LogP contribution is 2.21. The SMILES string of the molecule is Cc1cccc(C)c1NC(=O)c1cccc(OC(C)C)c1. The van der Waals surface area contributed by atoms with E-state index in [2.05, 4.69) is 5.32 Å².